The first-order valence-electron chi connectivity index (χ1n) is 8.98. The molecule has 0 spiro atoms. The Morgan fingerprint density at radius 1 is 1.44 bits per heavy atom. The van der Waals surface area contributed by atoms with Crippen molar-refractivity contribution in [3.05, 3.63) is 17.8 Å². The molecule has 1 unspecified atom stereocenters. The maximum Gasteiger partial charge on any atom is 0.245 e. The summed E-state index contributed by atoms with van der Waals surface area (Å²) in [6, 6.07) is 1.92. The van der Waals surface area contributed by atoms with Crippen LogP contribution in [-0.4, -0.2) is 60.2 Å². The van der Waals surface area contributed by atoms with Gasteiger partial charge < -0.3 is 14.5 Å². The number of unbranched alkanes of at least 4 members (excludes halogenated alkanes) is 1. The molecule has 2 aromatic heterocycles. The van der Waals surface area contributed by atoms with Gasteiger partial charge in [-0.3, -0.25) is 4.79 Å². The lowest BCUT2D eigenvalue weighted by atomic mass is 10.1. The quantitative estimate of drug-likeness (QED) is 0.723. The Bertz CT molecular complexity index is 697. The Balaban J connectivity index is 1.81. The number of nitrogens with zero attached hydrogens (tertiary/aromatic N) is 4. The van der Waals surface area contributed by atoms with Crippen molar-refractivity contribution in [2.24, 2.45) is 0 Å². The van der Waals surface area contributed by atoms with Crippen LogP contribution in [0.5, 0.6) is 0 Å². The molecule has 0 aromatic carbocycles. The zero-order valence-electron chi connectivity index (χ0n) is 15.0. The number of hydrogen-bond donors (Lipinski definition) is 0. The standard InChI is InChI=1S/C18H26N4O2S/c1-3-4-8-21(10-11-24-2)18(23)15-6-5-9-22(15)16-14-7-12-25-17(14)20-13-19-16/h7,12-13,15H,3-6,8-11H2,1-2H3. The van der Waals surface area contributed by atoms with Crippen molar-refractivity contribution in [2.45, 2.75) is 38.6 Å². The van der Waals surface area contributed by atoms with Gasteiger partial charge in [0.05, 0.1) is 12.0 Å². The normalized spacial score (nSPS) is 17.4. The van der Waals surface area contributed by atoms with Crippen molar-refractivity contribution in [3.63, 3.8) is 0 Å². The van der Waals surface area contributed by atoms with E-state index in [-0.39, 0.29) is 11.9 Å². The lowest BCUT2D eigenvalue weighted by Crippen LogP contribution is -2.47. The lowest BCUT2D eigenvalue weighted by molar-refractivity contribution is -0.133. The van der Waals surface area contributed by atoms with Crippen LogP contribution in [0.25, 0.3) is 10.2 Å². The van der Waals surface area contributed by atoms with Crippen LogP contribution in [0.3, 0.4) is 0 Å². The van der Waals surface area contributed by atoms with Gasteiger partial charge in [-0.2, -0.15) is 0 Å². The van der Waals surface area contributed by atoms with Crippen LogP contribution < -0.4 is 4.90 Å². The largest absolute Gasteiger partial charge is 0.383 e. The van der Waals surface area contributed by atoms with E-state index in [9.17, 15) is 4.79 Å². The van der Waals surface area contributed by atoms with E-state index in [1.807, 2.05) is 10.3 Å². The first-order valence-corrected chi connectivity index (χ1v) is 9.86. The molecule has 1 atom stereocenters. The minimum absolute atomic E-state index is 0.133. The van der Waals surface area contributed by atoms with Crippen molar-refractivity contribution < 1.29 is 9.53 Å². The zero-order chi connectivity index (χ0) is 17.6. The fraction of sp³-hybridized carbons (Fsp3) is 0.611. The molecular weight excluding hydrogens is 336 g/mol. The van der Waals surface area contributed by atoms with Gasteiger partial charge in [-0.05, 0) is 30.7 Å². The van der Waals surface area contributed by atoms with Crippen LogP contribution in [0.15, 0.2) is 17.8 Å². The third-order valence-corrected chi connectivity index (χ3v) is 5.53. The van der Waals surface area contributed by atoms with Crippen LogP contribution >= 0.6 is 11.3 Å². The molecule has 1 aliphatic rings. The van der Waals surface area contributed by atoms with Crippen LogP contribution in [0.2, 0.25) is 0 Å². The van der Waals surface area contributed by atoms with Crippen LogP contribution in [0, 0.1) is 0 Å². The van der Waals surface area contributed by atoms with Gasteiger partial charge in [0.2, 0.25) is 5.91 Å². The molecule has 3 rings (SSSR count). The molecular formula is C18H26N4O2S. The molecule has 7 heteroatoms. The molecule has 1 fully saturated rings. The van der Waals surface area contributed by atoms with Crippen LogP contribution in [0.4, 0.5) is 5.82 Å². The highest BCUT2D eigenvalue weighted by molar-refractivity contribution is 7.16. The summed E-state index contributed by atoms with van der Waals surface area (Å²) in [5.41, 5.74) is 0. The van der Waals surface area contributed by atoms with Gasteiger partial charge in [-0.1, -0.05) is 13.3 Å². The molecule has 0 radical (unpaired) electrons. The second-order valence-electron chi connectivity index (χ2n) is 6.36. The van der Waals surface area contributed by atoms with Gasteiger partial charge in [0.25, 0.3) is 0 Å². The number of rotatable bonds is 8. The summed E-state index contributed by atoms with van der Waals surface area (Å²) in [5.74, 6) is 1.09. The second kappa shape index (κ2) is 8.58. The van der Waals surface area contributed by atoms with Gasteiger partial charge in [-0.25, -0.2) is 9.97 Å². The van der Waals surface area contributed by atoms with Crippen LogP contribution in [-0.2, 0) is 9.53 Å². The Morgan fingerprint density at radius 3 is 3.12 bits per heavy atom. The monoisotopic (exact) mass is 362 g/mol. The van der Waals surface area contributed by atoms with E-state index in [2.05, 4.69) is 27.9 Å². The van der Waals surface area contributed by atoms with Crippen molar-refractivity contribution in [2.75, 3.05) is 38.3 Å². The smallest absolute Gasteiger partial charge is 0.245 e. The first-order chi connectivity index (χ1) is 12.3. The van der Waals surface area contributed by atoms with E-state index in [4.69, 9.17) is 4.74 Å². The highest BCUT2D eigenvalue weighted by Gasteiger charge is 2.35. The summed E-state index contributed by atoms with van der Waals surface area (Å²) >= 11 is 1.61. The number of carbonyl (C=O) groups is 1. The predicted molar refractivity (Wildman–Crippen MR) is 101 cm³/mol. The number of fused-ring (bicyclic) bond motifs is 1. The second-order valence-corrected chi connectivity index (χ2v) is 7.25. The Labute approximate surface area is 152 Å². The molecule has 1 saturated heterocycles. The number of anilines is 1. The number of carbonyl (C=O) groups excluding carboxylic acids is 1. The lowest BCUT2D eigenvalue weighted by Gasteiger charge is -2.31. The average Bonchev–Trinajstić information content (AvgIpc) is 3.30. The fourth-order valence-corrected chi connectivity index (χ4v) is 4.10. The number of hydrogen-bond acceptors (Lipinski definition) is 6. The maximum atomic E-state index is 13.2. The summed E-state index contributed by atoms with van der Waals surface area (Å²) in [5, 5.41) is 3.08. The Hall–Kier alpha value is -1.73. The summed E-state index contributed by atoms with van der Waals surface area (Å²) in [6.45, 7) is 5.03. The average molecular weight is 362 g/mol. The van der Waals surface area contributed by atoms with E-state index in [0.29, 0.717) is 13.2 Å². The summed E-state index contributed by atoms with van der Waals surface area (Å²) in [4.78, 5) is 27.1. The number of aromatic nitrogens is 2. The molecule has 6 nitrogen and oxygen atoms in total. The van der Waals surface area contributed by atoms with E-state index >= 15 is 0 Å². The van der Waals surface area contributed by atoms with Crippen molar-refractivity contribution in [3.8, 4) is 0 Å². The molecule has 136 valence electrons. The van der Waals surface area contributed by atoms with Crippen molar-refractivity contribution in [1.29, 1.82) is 0 Å². The minimum atomic E-state index is -0.133. The van der Waals surface area contributed by atoms with Crippen molar-refractivity contribution in [1.82, 2.24) is 14.9 Å². The zero-order valence-corrected chi connectivity index (χ0v) is 15.8. The predicted octanol–water partition coefficient (Wildman–Crippen LogP) is 2.94. The summed E-state index contributed by atoms with van der Waals surface area (Å²) < 4.78 is 5.20. The number of methoxy groups -OCH3 is 1. The van der Waals surface area contributed by atoms with Gasteiger partial charge in [-0.15, -0.1) is 11.3 Å². The molecule has 3 heterocycles. The molecule has 1 amide bonds. The number of ether oxygens (including phenoxy) is 1. The fourth-order valence-electron chi connectivity index (χ4n) is 3.38. The van der Waals surface area contributed by atoms with E-state index in [1.165, 1.54) is 0 Å². The van der Waals surface area contributed by atoms with Gasteiger partial charge in [0.15, 0.2) is 0 Å². The Kier molecular flexibility index (Phi) is 6.20. The minimum Gasteiger partial charge on any atom is -0.383 e. The number of thiophene rings is 1. The van der Waals surface area contributed by atoms with E-state index < -0.39 is 0 Å². The molecule has 2 aromatic rings. The summed E-state index contributed by atoms with van der Waals surface area (Å²) in [6.07, 6.45) is 5.59. The van der Waals surface area contributed by atoms with Crippen molar-refractivity contribution >= 4 is 33.3 Å². The third-order valence-electron chi connectivity index (χ3n) is 4.71. The third kappa shape index (κ3) is 3.93. The SMILES string of the molecule is CCCCN(CCOC)C(=O)C1CCCN1c1ncnc2sccc12. The topological polar surface area (TPSA) is 58.6 Å². The summed E-state index contributed by atoms with van der Waals surface area (Å²) in [7, 11) is 1.68. The molecule has 0 aliphatic carbocycles. The van der Waals surface area contributed by atoms with Crippen LogP contribution in [0.1, 0.15) is 32.6 Å². The highest BCUT2D eigenvalue weighted by Crippen LogP contribution is 2.32. The van der Waals surface area contributed by atoms with Gasteiger partial charge in [0, 0.05) is 26.7 Å². The molecule has 0 bridgehead atoms. The van der Waals surface area contributed by atoms with E-state index in [1.54, 1.807) is 24.8 Å². The highest BCUT2D eigenvalue weighted by atomic mass is 32.1. The maximum absolute atomic E-state index is 13.2. The molecule has 0 N–H and O–H groups in total. The van der Waals surface area contributed by atoms with E-state index in [0.717, 1.165) is 54.8 Å². The number of amides is 1. The molecule has 0 saturated carbocycles. The molecule has 25 heavy (non-hydrogen) atoms. The Morgan fingerprint density at radius 2 is 2.32 bits per heavy atom. The van der Waals surface area contributed by atoms with Gasteiger partial charge in [0.1, 0.15) is 23.0 Å². The van der Waals surface area contributed by atoms with Gasteiger partial charge >= 0.3 is 0 Å². The first kappa shape index (κ1) is 18.1. The molecule has 1 aliphatic heterocycles.